The lowest BCUT2D eigenvalue weighted by Crippen LogP contribution is -2.17. The van der Waals surface area contributed by atoms with E-state index in [1.165, 1.54) is 0 Å². The summed E-state index contributed by atoms with van der Waals surface area (Å²) in [4.78, 5) is 19.6. The van der Waals surface area contributed by atoms with Crippen LogP contribution in [0.1, 0.15) is 35.3 Å². The summed E-state index contributed by atoms with van der Waals surface area (Å²) in [6, 6.07) is 20.8. The number of rotatable bonds is 6. The molecule has 1 amide bonds. The summed E-state index contributed by atoms with van der Waals surface area (Å²) in [5, 5.41) is 13.3. The molecule has 0 saturated heterocycles. The molecule has 0 saturated carbocycles. The van der Waals surface area contributed by atoms with Crippen LogP contribution in [-0.2, 0) is 10.2 Å². The van der Waals surface area contributed by atoms with Crippen molar-refractivity contribution in [1.29, 1.82) is 5.26 Å². The van der Waals surface area contributed by atoms with Crippen LogP contribution < -0.4 is 15.0 Å². The molecule has 1 aliphatic heterocycles. The zero-order valence-electron chi connectivity index (χ0n) is 20.1. The first-order valence-corrected chi connectivity index (χ1v) is 12.2. The van der Waals surface area contributed by atoms with Crippen molar-refractivity contribution in [3.8, 4) is 17.6 Å². The average molecular weight is 497 g/mol. The van der Waals surface area contributed by atoms with Crippen LogP contribution in [-0.4, -0.2) is 17.6 Å². The summed E-state index contributed by atoms with van der Waals surface area (Å²) in [5.74, 6) is 1.04. The van der Waals surface area contributed by atoms with Crippen molar-refractivity contribution >= 4 is 38.3 Å². The molecule has 7 nitrogen and oxygen atoms in total. The zero-order chi connectivity index (χ0) is 25.3. The van der Waals surface area contributed by atoms with Gasteiger partial charge in [0.25, 0.3) is 5.91 Å². The van der Waals surface area contributed by atoms with Gasteiger partial charge in [-0.3, -0.25) is 9.69 Å². The molecule has 0 atom stereocenters. The number of aromatic nitrogens is 1. The number of carbonyl (C=O) groups is 1. The second kappa shape index (κ2) is 9.36. The quantitative estimate of drug-likeness (QED) is 0.319. The highest BCUT2D eigenvalue weighted by Crippen LogP contribution is 2.34. The molecule has 0 unspecified atom stereocenters. The smallest absolute Gasteiger partial charge is 0.255 e. The molecule has 5 rings (SSSR count). The SMILES string of the molecule is Cc1ccc(Oc2ccc3nc(N4C=COC4)sc3c2)cc1NC(=O)c1cccc(C(C)(C)C#N)c1. The van der Waals surface area contributed by atoms with Crippen LogP contribution in [0.3, 0.4) is 0 Å². The molecule has 4 aromatic rings. The molecular weight excluding hydrogens is 472 g/mol. The molecule has 0 fully saturated rings. The summed E-state index contributed by atoms with van der Waals surface area (Å²) < 4.78 is 12.4. The normalized spacial score (nSPS) is 12.9. The number of carbonyl (C=O) groups excluding carboxylic acids is 1. The largest absolute Gasteiger partial charge is 0.479 e. The van der Waals surface area contributed by atoms with Gasteiger partial charge in [0.15, 0.2) is 11.9 Å². The Morgan fingerprint density at radius 2 is 1.97 bits per heavy atom. The van der Waals surface area contributed by atoms with Gasteiger partial charge < -0.3 is 14.8 Å². The lowest BCUT2D eigenvalue weighted by Gasteiger charge is -2.17. The minimum Gasteiger partial charge on any atom is -0.479 e. The third-order valence-corrected chi connectivity index (χ3v) is 7.02. The Morgan fingerprint density at radius 1 is 1.17 bits per heavy atom. The zero-order valence-corrected chi connectivity index (χ0v) is 20.9. The van der Waals surface area contributed by atoms with Crippen molar-refractivity contribution in [2.45, 2.75) is 26.2 Å². The molecule has 2 heterocycles. The summed E-state index contributed by atoms with van der Waals surface area (Å²) in [6.45, 7) is 6.05. The lowest BCUT2D eigenvalue weighted by molar-refractivity contribution is 0.102. The Balaban J connectivity index is 1.34. The maximum atomic E-state index is 13.0. The second-order valence-electron chi connectivity index (χ2n) is 9.03. The van der Waals surface area contributed by atoms with Crippen LogP contribution in [0.25, 0.3) is 10.2 Å². The van der Waals surface area contributed by atoms with Crippen LogP contribution in [0.15, 0.2) is 73.1 Å². The van der Waals surface area contributed by atoms with Gasteiger partial charge >= 0.3 is 0 Å². The van der Waals surface area contributed by atoms with Crippen LogP contribution in [0, 0.1) is 18.3 Å². The number of ether oxygens (including phenoxy) is 2. The number of fused-ring (bicyclic) bond motifs is 1. The van der Waals surface area contributed by atoms with Gasteiger partial charge in [-0.1, -0.05) is 29.5 Å². The van der Waals surface area contributed by atoms with Crippen molar-refractivity contribution < 1.29 is 14.3 Å². The molecule has 3 aromatic carbocycles. The van der Waals surface area contributed by atoms with E-state index in [9.17, 15) is 10.1 Å². The van der Waals surface area contributed by atoms with Gasteiger partial charge in [-0.05, 0) is 62.2 Å². The maximum Gasteiger partial charge on any atom is 0.255 e. The number of anilines is 2. The Kier molecular flexibility index (Phi) is 6.08. The summed E-state index contributed by atoms with van der Waals surface area (Å²) >= 11 is 1.56. The van der Waals surface area contributed by atoms with E-state index in [1.807, 2.05) is 74.3 Å². The summed E-state index contributed by atoms with van der Waals surface area (Å²) in [5.41, 5.74) is 3.06. The highest BCUT2D eigenvalue weighted by Gasteiger charge is 2.21. The first kappa shape index (κ1) is 23.4. The van der Waals surface area contributed by atoms with Gasteiger partial charge in [-0.15, -0.1) is 0 Å². The van der Waals surface area contributed by atoms with Crippen LogP contribution in [0.2, 0.25) is 0 Å². The third kappa shape index (κ3) is 4.74. The van der Waals surface area contributed by atoms with Gasteiger partial charge in [-0.25, -0.2) is 4.98 Å². The number of aryl methyl sites for hydroxylation is 1. The Bertz CT molecular complexity index is 1530. The van der Waals surface area contributed by atoms with Crippen molar-refractivity contribution in [3.63, 3.8) is 0 Å². The highest BCUT2D eigenvalue weighted by atomic mass is 32.1. The van der Waals surface area contributed by atoms with Gasteiger partial charge in [0.05, 0.1) is 21.7 Å². The predicted molar refractivity (Wildman–Crippen MR) is 141 cm³/mol. The Labute approximate surface area is 213 Å². The fraction of sp³-hybridized carbons (Fsp3) is 0.179. The maximum absolute atomic E-state index is 13.0. The van der Waals surface area contributed by atoms with Crippen molar-refractivity contribution in [2.24, 2.45) is 0 Å². The minimum absolute atomic E-state index is 0.246. The van der Waals surface area contributed by atoms with E-state index in [0.29, 0.717) is 29.5 Å². The number of amides is 1. The first-order valence-electron chi connectivity index (χ1n) is 11.4. The van der Waals surface area contributed by atoms with Gasteiger partial charge in [0.2, 0.25) is 0 Å². The molecular formula is C28H24N4O3S. The van der Waals surface area contributed by atoms with E-state index >= 15 is 0 Å². The molecule has 8 heteroatoms. The van der Waals surface area contributed by atoms with E-state index in [0.717, 1.165) is 26.5 Å². The molecule has 0 spiro atoms. The lowest BCUT2D eigenvalue weighted by atomic mass is 9.85. The summed E-state index contributed by atoms with van der Waals surface area (Å²) in [6.07, 6.45) is 3.51. The number of benzene rings is 3. The number of nitrogens with one attached hydrogen (secondary N) is 1. The number of hydrogen-bond donors (Lipinski definition) is 1. The molecule has 1 N–H and O–H groups in total. The van der Waals surface area contributed by atoms with Crippen molar-refractivity contribution in [2.75, 3.05) is 16.9 Å². The monoisotopic (exact) mass is 496 g/mol. The van der Waals surface area contributed by atoms with E-state index in [-0.39, 0.29) is 5.91 Å². The van der Waals surface area contributed by atoms with Crippen LogP contribution in [0.4, 0.5) is 10.8 Å². The van der Waals surface area contributed by atoms with Gasteiger partial charge in [0, 0.05) is 29.6 Å². The van der Waals surface area contributed by atoms with E-state index in [1.54, 1.807) is 35.8 Å². The third-order valence-electron chi connectivity index (χ3n) is 5.96. The molecule has 0 radical (unpaired) electrons. The molecule has 180 valence electrons. The van der Waals surface area contributed by atoms with Crippen molar-refractivity contribution in [1.82, 2.24) is 4.98 Å². The van der Waals surface area contributed by atoms with E-state index in [2.05, 4.69) is 16.4 Å². The number of nitriles is 1. The molecule has 36 heavy (non-hydrogen) atoms. The van der Waals surface area contributed by atoms with Crippen LogP contribution in [0.5, 0.6) is 11.5 Å². The molecule has 0 bridgehead atoms. The second-order valence-corrected chi connectivity index (χ2v) is 10.0. The number of hydrogen-bond acceptors (Lipinski definition) is 7. The fourth-order valence-corrected chi connectivity index (χ4v) is 4.69. The Morgan fingerprint density at radius 3 is 2.75 bits per heavy atom. The topological polar surface area (TPSA) is 87.5 Å². The molecule has 1 aromatic heterocycles. The summed E-state index contributed by atoms with van der Waals surface area (Å²) in [7, 11) is 0. The predicted octanol–water partition coefficient (Wildman–Crippen LogP) is 6.72. The first-order chi connectivity index (χ1) is 17.3. The van der Waals surface area contributed by atoms with Crippen LogP contribution >= 0.6 is 11.3 Å². The van der Waals surface area contributed by atoms with E-state index in [4.69, 9.17) is 9.47 Å². The standard InChI is InChI=1S/C28H24N4O3S/c1-18-7-8-21(14-24(18)30-26(33)19-5-4-6-20(13-19)28(2,3)16-29)35-22-9-10-23-25(15-22)36-27(31-23)32-11-12-34-17-32/h4-15H,17H2,1-3H3,(H,30,33). The van der Waals surface area contributed by atoms with Gasteiger partial charge in [-0.2, -0.15) is 5.26 Å². The van der Waals surface area contributed by atoms with Crippen molar-refractivity contribution in [3.05, 3.63) is 89.8 Å². The van der Waals surface area contributed by atoms with Gasteiger partial charge in [0.1, 0.15) is 17.8 Å². The minimum atomic E-state index is -0.682. The Hall–Kier alpha value is -4.35. The average Bonchev–Trinajstić information content (AvgIpc) is 3.56. The fourth-order valence-electron chi connectivity index (χ4n) is 3.72. The highest BCUT2D eigenvalue weighted by molar-refractivity contribution is 7.22. The van der Waals surface area contributed by atoms with E-state index < -0.39 is 5.41 Å². The number of nitrogens with zero attached hydrogens (tertiary/aromatic N) is 3. The number of thiazole rings is 1. The molecule has 1 aliphatic rings. The molecule has 0 aliphatic carbocycles.